The van der Waals surface area contributed by atoms with Crippen LogP contribution in [-0.4, -0.2) is 30.3 Å². The zero-order valence-corrected chi connectivity index (χ0v) is 9.71. The molecule has 0 bridgehead atoms. The maximum atomic E-state index is 13.5. The van der Waals surface area contributed by atoms with Gasteiger partial charge in [-0.25, -0.2) is 4.39 Å². The van der Waals surface area contributed by atoms with E-state index in [4.69, 9.17) is 19.5 Å². The van der Waals surface area contributed by atoms with E-state index < -0.39 is 19.4 Å². The second-order valence-corrected chi connectivity index (χ2v) is 3.95. The first-order valence-electron chi connectivity index (χ1n) is 5.76. The van der Waals surface area contributed by atoms with Crippen LogP contribution < -0.4 is 9.39 Å². The van der Waals surface area contributed by atoms with Crippen molar-refractivity contribution < 1.29 is 28.6 Å². The van der Waals surface area contributed by atoms with E-state index in [0.29, 0.717) is 13.0 Å². The molecule has 1 aliphatic heterocycles. The zero-order chi connectivity index (χ0) is 13.0. The quantitative estimate of drug-likeness (QED) is 0.789. The van der Waals surface area contributed by atoms with Gasteiger partial charge in [-0.1, -0.05) is 0 Å². The Morgan fingerprint density at radius 1 is 1.33 bits per heavy atom. The highest BCUT2D eigenvalue weighted by Crippen LogP contribution is 2.26. The van der Waals surface area contributed by atoms with Crippen molar-refractivity contribution in [3.05, 3.63) is 24.0 Å². The molecule has 0 aliphatic carbocycles. The van der Waals surface area contributed by atoms with Crippen LogP contribution in [0.4, 0.5) is 4.39 Å². The molecule has 2 rings (SSSR count). The van der Waals surface area contributed by atoms with Gasteiger partial charge in [-0.15, -0.1) is 0 Å². The summed E-state index contributed by atoms with van der Waals surface area (Å²) < 4.78 is 28.8. The summed E-state index contributed by atoms with van der Waals surface area (Å²) in [6.45, 7) is 0.595. The van der Waals surface area contributed by atoms with Crippen LogP contribution in [0.1, 0.15) is 19.3 Å². The Balaban J connectivity index is 2.05. The van der Waals surface area contributed by atoms with Crippen molar-refractivity contribution in [3.8, 4) is 11.5 Å². The fourth-order valence-corrected chi connectivity index (χ4v) is 1.71. The van der Waals surface area contributed by atoms with E-state index in [-0.39, 0.29) is 11.5 Å². The molecule has 1 aliphatic rings. The van der Waals surface area contributed by atoms with Crippen molar-refractivity contribution in [2.24, 2.45) is 0 Å². The van der Waals surface area contributed by atoms with E-state index >= 15 is 0 Å². The van der Waals surface area contributed by atoms with Crippen LogP contribution >= 0.6 is 0 Å². The third-order valence-electron chi connectivity index (χ3n) is 2.54. The second-order valence-electron chi connectivity index (χ2n) is 3.95. The number of ether oxygens (including phenoxy) is 2. The van der Waals surface area contributed by atoms with Gasteiger partial charge in [0, 0.05) is 12.5 Å². The Labute approximate surface area is 104 Å². The molecule has 0 radical (unpaired) electrons. The van der Waals surface area contributed by atoms with E-state index in [0.717, 1.165) is 18.9 Å². The normalized spacial score (nSPS) is 19.4. The van der Waals surface area contributed by atoms with Crippen molar-refractivity contribution in [3.63, 3.8) is 0 Å². The summed E-state index contributed by atoms with van der Waals surface area (Å²) >= 11 is 0. The molecular formula is C11H14BFO5. The Kier molecular flexibility index (Phi) is 4.40. The molecule has 0 aromatic heterocycles. The van der Waals surface area contributed by atoms with Gasteiger partial charge in [0.05, 0.1) is 6.61 Å². The van der Waals surface area contributed by atoms with E-state index in [9.17, 15) is 4.39 Å². The summed E-state index contributed by atoms with van der Waals surface area (Å²) in [5, 5.41) is 17.3. The number of hydrogen-bond donors (Lipinski definition) is 2. The van der Waals surface area contributed by atoms with Crippen LogP contribution in [0.3, 0.4) is 0 Å². The molecule has 5 nitrogen and oxygen atoms in total. The summed E-state index contributed by atoms with van der Waals surface area (Å²) in [5.41, 5.74) is 0. The largest absolute Gasteiger partial charge is 0.707 e. The Bertz CT molecular complexity index is 395. The maximum absolute atomic E-state index is 13.5. The molecule has 0 saturated carbocycles. The molecule has 98 valence electrons. The minimum absolute atomic E-state index is 0.0277. The molecule has 1 heterocycles. The van der Waals surface area contributed by atoms with Gasteiger partial charge in [-0.3, -0.25) is 0 Å². The van der Waals surface area contributed by atoms with Gasteiger partial charge in [0.2, 0.25) is 0 Å². The average molecular weight is 256 g/mol. The van der Waals surface area contributed by atoms with Gasteiger partial charge < -0.3 is 24.2 Å². The Morgan fingerprint density at radius 2 is 2.17 bits per heavy atom. The number of benzene rings is 1. The second kappa shape index (κ2) is 6.04. The van der Waals surface area contributed by atoms with Crippen molar-refractivity contribution in [1.29, 1.82) is 0 Å². The molecule has 1 saturated heterocycles. The molecule has 18 heavy (non-hydrogen) atoms. The topological polar surface area (TPSA) is 68.2 Å². The summed E-state index contributed by atoms with van der Waals surface area (Å²) in [5.74, 6) is -0.471. The number of rotatable bonds is 4. The fourth-order valence-electron chi connectivity index (χ4n) is 1.71. The van der Waals surface area contributed by atoms with E-state index in [1.165, 1.54) is 12.1 Å². The minimum Gasteiger partial charge on any atom is -0.512 e. The van der Waals surface area contributed by atoms with E-state index in [1.54, 1.807) is 0 Å². The number of halogens is 1. The zero-order valence-electron chi connectivity index (χ0n) is 9.71. The van der Waals surface area contributed by atoms with Crippen LogP contribution in [0.25, 0.3) is 0 Å². The minimum atomic E-state index is -1.95. The van der Waals surface area contributed by atoms with Gasteiger partial charge in [-0.05, 0) is 25.0 Å². The summed E-state index contributed by atoms with van der Waals surface area (Å²) in [4.78, 5) is 0. The lowest BCUT2D eigenvalue weighted by Crippen LogP contribution is -2.25. The van der Waals surface area contributed by atoms with Gasteiger partial charge in [0.1, 0.15) is 5.75 Å². The standard InChI is InChI=1S/C11H14BFO5/c13-9-5-4-8(18-12(14)15)7-10(9)17-11-3-1-2-6-16-11/h4-5,7,11,14-15H,1-3,6H2. The molecule has 1 fully saturated rings. The molecule has 0 amide bonds. The highest BCUT2D eigenvalue weighted by atomic mass is 19.1. The van der Waals surface area contributed by atoms with Crippen LogP contribution in [0.15, 0.2) is 18.2 Å². The van der Waals surface area contributed by atoms with E-state index in [1.807, 2.05) is 0 Å². The van der Waals surface area contributed by atoms with Gasteiger partial charge in [-0.2, -0.15) is 0 Å². The van der Waals surface area contributed by atoms with Crippen LogP contribution in [0.5, 0.6) is 11.5 Å². The van der Waals surface area contributed by atoms with Crippen molar-refractivity contribution >= 4 is 7.32 Å². The third-order valence-corrected chi connectivity index (χ3v) is 2.54. The molecule has 1 unspecified atom stereocenters. The van der Waals surface area contributed by atoms with Crippen LogP contribution in [0.2, 0.25) is 0 Å². The highest BCUT2D eigenvalue weighted by Gasteiger charge is 2.18. The third kappa shape index (κ3) is 3.59. The Morgan fingerprint density at radius 3 is 2.83 bits per heavy atom. The molecule has 1 aromatic carbocycles. The molecule has 1 aromatic rings. The smallest absolute Gasteiger partial charge is 0.512 e. The summed E-state index contributed by atoms with van der Waals surface area (Å²) in [6, 6.07) is 3.67. The maximum Gasteiger partial charge on any atom is 0.707 e. The molecule has 0 spiro atoms. The van der Waals surface area contributed by atoms with Gasteiger partial charge >= 0.3 is 7.32 Å². The molecule has 2 N–H and O–H groups in total. The van der Waals surface area contributed by atoms with Crippen molar-refractivity contribution in [2.45, 2.75) is 25.6 Å². The fraction of sp³-hybridized carbons (Fsp3) is 0.455. The Hall–Kier alpha value is -1.31. The average Bonchev–Trinajstić information content (AvgIpc) is 2.34. The van der Waals surface area contributed by atoms with Gasteiger partial charge in [0.25, 0.3) is 0 Å². The first-order valence-corrected chi connectivity index (χ1v) is 5.76. The van der Waals surface area contributed by atoms with Gasteiger partial charge in [0.15, 0.2) is 17.9 Å². The lowest BCUT2D eigenvalue weighted by Gasteiger charge is -2.23. The van der Waals surface area contributed by atoms with E-state index in [2.05, 4.69) is 4.65 Å². The molecular weight excluding hydrogens is 242 g/mol. The first kappa shape index (κ1) is 13.1. The van der Waals surface area contributed by atoms with Crippen LogP contribution in [0, 0.1) is 5.82 Å². The number of hydrogen-bond acceptors (Lipinski definition) is 5. The monoisotopic (exact) mass is 256 g/mol. The highest BCUT2D eigenvalue weighted by molar-refractivity contribution is 6.33. The lowest BCUT2D eigenvalue weighted by molar-refractivity contribution is -0.107. The lowest BCUT2D eigenvalue weighted by atomic mass is 10.2. The molecule has 7 heteroatoms. The van der Waals surface area contributed by atoms with Crippen LogP contribution in [-0.2, 0) is 4.74 Å². The summed E-state index contributed by atoms with van der Waals surface area (Å²) in [6.07, 6.45) is 2.18. The predicted octanol–water partition coefficient (Wildman–Crippen LogP) is 1.08. The van der Waals surface area contributed by atoms with Crippen molar-refractivity contribution in [1.82, 2.24) is 0 Å². The summed E-state index contributed by atoms with van der Waals surface area (Å²) in [7, 11) is -1.95. The predicted molar refractivity (Wildman–Crippen MR) is 61.4 cm³/mol. The molecule has 1 atom stereocenters. The SMILES string of the molecule is OB(O)Oc1ccc(F)c(OC2CCCCO2)c1. The first-order chi connectivity index (χ1) is 8.65. The van der Waals surface area contributed by atoms with Crippen molar-refractivity contribution in [2.75, 3.05) is 6.61 Å².